The summed E-state index contributed by atoms with van der Waals surface area (Å²) in [5, 5.41) is 0. The standard InChI is InChI=1S/C17H20N4O/c1-2-20-9-7-13(11-20)16-19-15-6-3-8-18-17(15)21(16)12-14-5-4-10-22-14/h3-6,8,10,13H,2,7,9,11-12H2,1H3. The van der Waals surface area contributed by atoms with Gasteiger partial charge in [-0.3, -0.25) is 0 Å². The van der Waals surface area contributed by atoms with Gasteiger partial charge in [-0.05, 0) is 43.8 Å². The van der Waals surface area contributed by atoms with Gasteiger partial charge in [0, 0.05) is 18.7 Å². The van der Waals surface area contributed by atoms with Crippen LogP contribution in [0.3, 0.4) is 0 Å². The topological polar surface area (TPSA) is 47.1 Å². The van der Waals surface area contributed by atoms with E-state index in [0.29, 0.717) is 12.5 Å². The lowest BCUT2D eigenvalue weighted by Crippen LogP contribution is -2.20. The van der Waals surface area contributed by atoms with Crippen LogP contribution >= 0.6 is 0 Å². The van der Waals surface area contributed by atoms with E-state index in [2.05, 4.69) is 21.4 Å². The lowest BCUT2D eigenvalue weighted by atomic mass is 10.1. The normalized spacial score (nSPS) is 19.2. The van der Waals surface area contributed by atoms with E-state index in [9.17, 15) is 0 Å². The maximum atomic E-state index is 5.53. The van der Waals surface area contributed by atoms with E-state index >= 15 is 0 Å². The summed E-state index contributed by atoms with van der Waals surface area (Å²) in [6.45, 7) is 6.25. The summed E-state index contributed by atoms with van der Waals surface area (Å²) in [4.78, 5) is 11.9. The molecule has 0 radical (unpaired) electrons. The second kappa shape index (κ2) is 5.57. The summed E-state index contributed by atoms with van der Waals surface area (Å²) < 4.78 is 7.75. The third-order valence-electron chi connectivity index (χ3n) is 4.51. The molecule has 1 unspecified atom stereocenters. The average Bonchev–Trinajstić information content (AvgIpc) is 3.27. The molecule has 0 aliphatic carbocycles. The van der Waals surface area contributed by atoms with E-state index in [0.717, 1.165) is 48.8 Å². The molecule has 3 aromatic heterocycles. The van der Waals surface area contributed by atoms with E-state index in [1.165, 1.54) is 0 Å². The van der Waals surface area contributed by atoms with Gasteiger partial charge in [0.15, 0.2) is 5.65 Å². The molecule has 114 valence electrons. The average molecular weight is 296 g/mol. The molecule has 0 aromatic carbocycles. The van der Waals surface area contributed by atoms with Crippen molar-refractivity contribution in [2.45, 2.75) is 25.8 Å². The van der Waals surface area contributed by atoms with Gasteiger partial charge >= 0.3 is 0 Å². The molecule has 0 spiro atoms. The molecule has 5 nitrogen and oxygen atoms in total. The monoisotopic (exact) mass is 296 g/mol. The fourth-order valence-electron chi connectivity index (χ4n) is 3.33. The smallest absolute Gasteiger partial charge is 0.160 e. The fourth-order valence-corrected chi connectivity index (χ4v) is 3.33. The van der Waals surface area contributed by atoms with Crippen LogP contribution in [0.15, 0.2) is 41.1 Å². The van der Waals surface area contributed by atoms with Crippen molar-refractivity contribution in [1.29, 1.82) is 0 Å². The first-order chi connectivity index (χ1) is 10.8. The van der Waals surface area contributed by atoms with Crippen molar-refractivity contribution >= 4 is 11.2 Å². The predicted octanol–water partition coefficient (Wildman–Crippen LogP) is 2.88. The summed E-state index contributed by atoms with van der Waals surface area (Å²) in [5.41, 5.74) is 1.92. The molecule has 4 heterocycles. The molecule has 0 bridgehead atoms. The third kappa shape index (κ3) is 2.31. The molecule has 5 heteroatoms. The van der Waals surface area contributed by atoms with E-state index in [4.69, 9.17) is 9.40 Å². The van der Waals surface area contributed by atoms with Crippen molar-refractivity contribution in [1.82, 2.24) is 19.4 Å². The van der Waals surface area contributed by atoms with Gasteiger partial charge in [0.1, 0.15) is 17.1 Å². The highest BCUT2D eigenvalue weighted by molar-refractivity contribution is 5.71. The van der Waals surface area contributed by atoms with E-state index in [-0.39, 0.29) is 0 Å². The molecule has 0 N–H and O–H groups in total. The van der Waals surface area contributed by atoms with Crippen molar-refractivity contribution in [3.63, 3.8) is 0 Å². The minimum Gasteiger partial charge on any atom is -0.467 e. The van der Waals surface area contributed by atoms with Gasteiger partial charge in [-0.2, -0.15) is 0 Å². The summed E-state index contributed by atoms with van der Waals surface area (Å²) in [6.07, 6.45) is 4.71. The first-order valence-electron chi connectivity index (χ1n) is 7.91. The second-order valence-electron chi connectivity index (χ2n) is 5.86. The van der Waals surface area contributed by atoms with Gasteiger partial charge in [0.2, 0.25) is 0 Å². The maximum absolute atomic E-state index is 5.53. The number of furan rings is 1. The van der Waals surface area contributed by atoms with Gasteiger partial charge in [-0.1, -0.05) is 6.92 Å². The Balaban J connectivity index is 1.76. The Labute approximate surface area is 129 Å². The molecule has 0 saturated carbocycles. The van der Waals surface area contributed by atoms with Crippen LogP contribution in [0, 0.1) is 0 Å². The molecular weight excluding hydrogens is 276 g/mol. The predicted molar refractivity (Wildman–Crippen MR) is 84.8 cm³/mol. The summed E-state index contributed by atoms with van der Waals surface area (Å²) in [7, 11) is 0. The van der Waals surface area contributed by atoms with E-state index in [1.807, 2.05) is 30.5 Å². The highest BCUT2D eigenvalue weighted by Gasteiger charge is 2.28. The second-order valence-corrected chi connectivity index (χ2v) is 5.86. The van der Waals surface area contributed by atoms with Crippen molar-refractivity contribution in [3.05, 3.63) is 48.3 Å². The van der Waals surface area contributed by atoms with Crippen LogP contribution in [0.1, 0.15) is 30.8 Å². The Morgan fingerprint density at radius 2 is 2.27 bits per heavy atom. The molecule has 1 aliphatic heterocycles. The van der Waals surface area contributed by atoms with Crippen LogP contribution in [0.25, 0.3) is 11.2 Å². The Morgan fingerprint density at radius 1 is 1.32 bits per heavy atom. The first-order valence-corrected chi connectivity index (χ1v) is 7.91. The minimum atomic E-state index is 0.476. The minimum absolute atomic E-state index is 0.476. The highest BCUT2D eigenvalue weighted by Crippen LogP contribution is 2.29. The SMILES string of the molecule is CCN1CCC(c2nc3cccnc3n2Cc2ccco2)C1. The molecule has 0 amide bonds. The molecule has 1 atom stereocenters. The molecule has 1 aliphatic rings. The Bertz CT molecular complexity index is 762. The molecule has 22 heavy (non-hydrogen) atoms. The van der Waals surface area contributed by atoms with Crippen LogP contribution in [0.4, 0.5) is 0 Å². The molecule has 3 aromatic rings. The van der Waals surface area contributed by atoms with Crippen molar-refractivity contribution in [2.24, 2.45) is 0 Å². The van der Waals surface area contributed by atoms with Gasteiger partial charge in [-0.15, -0.1) is 0 Å². The lowest BCUT2D eigenvalue weighted by molar-refractivity contribution is 0.351. The largest absolute Gasteiger partial charge is 0.467 e. The van der Waals surface area contributed by atoms with E-state index in [1.54, 1.807) is 6.26 Å². The first kappa shape index (κ1) is 13.5. The molecule has 1 fully saturated rings. The molecule has 1 saturated heterocycles. The Hall–Kier alpha value is -2.14. The van der Waals surface area contributed by atoms with Crippen LogP contribution < -0.4 is 0 Å². The van der Waals surface area contributed by atoms with Crippen LogP contribution in [0.5, 0.6) is 0 Å². The lowest BCUT2D eigenvalue weighted by Gasteiger charge is -2.14. The van der Waals surface area contributed by atoms with Crippen molar-refractivity contribution in [2.75, 3.05) is 19.6 Å². The quantitative estimate of drug-likeness (QED) is 0.743. The van der Waals surface area contributed by atoms with Crippen LogP contribution in [-0.2, 0) is 6.54 Å². The summed E-state index contributed by atoms with van der Waals surface area (Å²) in [6, 6.07) is 7.92. The number of likely N-dealkylation sites (N-methyl/N-ethyl adjacent to an activating group) is 1. The third-order valence-corrected chi connectivity index (χ3v) is 4.51. The van der Waals surface area contributed by atoms with Gasteiger partial charge in [-0.25, -0.2) is 9.97 Å². The van der Waals surface area contributed by atoms with Crippen molar-refractivity contribution in [3.8, 4) is 0 Å². The van der Waals surface area contributed by atoms with Crippen LogP contribution in [-0.4, -0.2) is 39.1 Å². The van der Waals surface area contributed by atoms with Gasteiger partial charge < -0.3 is 13.9 Å². The number of hydrogen-bond acceptors (Lipinski definition) is 4. The number of likely N-dealkylation sites (tertiary alicyclic amines) is 1. The van der Waals surface area contributed by atoms with Crippen LogP contribution in [0.2, 0.25) is 0 Å². The molecular formula is C17H20N4O. The maximum Gasteiger partial charge on any atom is 0.160 e. The number of pyridine rings is 1. The number of rotatable bonds is 4. The number of aromatic nitrogens is 3. The van der Waals surface area contributed by atoms with Gasteiger partial charge in [0.05, 0.1) is 12.8 Å². The summed E-state index contributed by atoms with van der Waals surface area (Å²) in [5.74, 6) is 2.56. The fraction of sp³-hybridized carbons (Fsp3) is 0.412. The number of fused-ring (bicyclic) bond motifs is 1. The van der Waals surface area contributed by atoms with Gasteiger partial charge in [0.25, 0.3) is 0 Å². The number of hydrogen-bond donors (Lipinski definition) is 0. The Morgan fingerprint density at radius 3 is 3.05 bits per heavy atom. The number of nitrogens with zero attached hydrogens (tertiary/aromatic N) is 4. The zero-order valence-corrected chi connectivity index (χ0v) is 12.8. The number of imidazole rings is 1. The Kier molecular flexibility index (Phi) is 3.42. The highest BCUT2D eigenvalue weighted by atomic mass is 16.3. The zero-order chi connectivity index (χ0) is 14.9. The van der Waals surface area contributed by atoms with E-state index < -0.39 is 0 Å². The summed E-state index contributed by atoms with van der Waals surface area (Å²) >= 11 is 0. The zero-order valence-electron chi connectivity index (χ0n) is 12.8. The molecule has 4 rings (SSSR count). The van der Waals surface area contributed by atoms with Crippen molar-refractivity contribution < 1.29 is 4.42 Å².